The van der Waals surface area contributed by atoms with Gasteiger partial charge in [0, 0.05) is 36.2 Å². The van der Waals surface area contributed by atoms with Crippen molar-refractivity contribution in [1.29, 1.82) is 0 Å². The van der Waals surface area contributed by atoms with E-state index in [4.69, 9.17) is 10.7 Å². The highest BCUT2D eigenvalue weighted by atomic mass is 16.1. The average molecular weight is 370 g/mol. The zero-order valence-corrected chi connectivity index (χ0v) is 16.5. The van der Waals surface area contributed by atoms with Gasteiger partial charge in [0.05, 0.1) is 0 Å². The molecule has 0 saturated carbocycles. The van der Waals surface area contributed by atoms with Crippen LogP contribution in [0.5, 0.6) is 0 Å². The first-order valence-corrected chi connectivity index (χ1v) is 9.71. The monoisotopic (exact) mass is 370 g/mol. The van der Waals surface area contributed by atoms with Crippen molar-refractivity contribution >= 4 is 23.8 Å². The first-order valence-electron chi connectivity index (χ1n) is 9.71. The molecule has 0 radical (unpaired) electrons. The van der Waals surface area contributed by atoms with E-state index in [1.165, 1.54) is 22.3 Å². The predicted molar refractivity (Wildman–Crippen MR) is 118 cm³/mol. The molecule has 0 fully saturated rings. The summed E-state index contributed by atoms with van der Waals surface area (Å²) in [4.78, 5) is 16.3. The normalized spacial score (nSPS) is 15.7. The molecule has 0 aromatic heterocycles. The first-order chi connectivity index (χ1) is 13.6. The lowest BCUT2D eigenvalue weighted by Gasteiger charge is -2.22. The van der Waals surface area contributed by atoms with E-state index >= 15 is 0 Å². The summed E-state index contributed by atoms with van der Waals surface area (Å²) in [6.07, 6.45) is 7.08. The molecule has 3 nitrogen and oxygen atoms in total. The summed E-state index contributed by atoms with van der Waals surface area (Å²) in [7, 11) is 0. The number of hydrogen-bond donors (Lipinski definition) is 1. The van der Waals surface area contributed by atoms with Gasteiger partial charge in [-0.15, -0.1) is 0 Å². The van der Waals surface area contributed by atoms with Crippen LogP contribution in [0.1, 0.15) is 54.9 Å². The summed E-state index contributed by atoms with van der Waals surface area (Å²) in [5.74, 6) is -0.405. The van der Waals surface area contributed by atoms with Gasteiger partial charge in [-0.05, 0) is 22.3 Å². The maximum atomic E-state index is 11.6. The number of fused-ring (bicyclic) bond motifs is 2. The summed E-state index contributed by atoms with van der Waals surface area (Å²) in [5.41, 5.74) is 12.7. The Morgan fingerprint density at radius 1 is 0.964 bits per heavy atom. The van der Waals surface area contributed by atoms with Gasteiger partial charge >= 0.3 is 0 Å². The highest BCUT2D eigenvalue weighted by Gasteiger charge is 2.27. The zero-order chi connectivity index (χ0) is 20.1. The molecule has 1 aliphatic carbocycles. The fraction of sp³-hybridized carbons (Fsp3) is 0.200. The van der Waals surface area contributed by atoms with Crippen LogP contribution < -0.4 is 5.73 Å². The minimum Gasteiger partial charge on any atom is -0.366 e. The van der Waals surface area contributed by atoms with Crippen LogP contribution in [0.15, 0.2) is 77.4 Å². The van der Waals surface area contributed by atoms with Crippen LogP contribution in [0.2, 0.25) is 0 Å². The van der Waals surface area contributed by atoms with Crippen LogP contribution >= 0.6 is 0 Å². The molecule has 2 N–H and O–H groups in total. The van der Waals surface area contributed by atoms with Gasteiger partial charge in [0.25, 0.3) is 0 Å². The quantitative estimate of drug-likeness (QED) is 0.698. The maximum absolute atomic E-state index is 11.6. The molecule has 0 unspecified atom stereocenters. The van der Waals surface area contributed by atoms with Gasteiger partial charge in [0.2, 0.25) is 5.91 Å². The summed E-state index contributed by atoms with van der Waals surface area (Å²) >= 11 is 0. The Balaban J connectivity index is 0.00000109. The lowest BCUT2D eigenvalue weighted by molar-refractivity contribution is -0.114. The Morgan fingerprint density at radius 3 is 2.04 bits per heavy atom. The summed E-state index contributed by atoms with van der Waals surface area (Å²) in [5, 5.41) is 0. The number of hydrogen-bond acceptors (Lipinski definition) is 2. The third kappa shape index (κ3) is 3.89. The van der Waals surface area contributed by atoms with E-state index in [1.54, 1.807) is 6.20 Å². The van der Waals surface area contributed by atoms with Crippen molar-refractivity contribution in [3.63, 3.8) is 0 Å². The Kier molecular flexibility index (Phi) is 6.05. The van der Waals surface area contributed by atoms with Gasteiger partial charge < -0.3 is 5.73 Å². The molecule has 0 spiro atoms. The molecule has 0 bridgehead atoms. The number of amides is 1. The first kappa shape index (κ1) is 19.6. The zero-order valence-electron chi connectivity index (χ0n) is 16.5. The molecule has 28 heavy (non-hydrogen) atoms. The minimum atomic E-state index is -0.431. The second kappa shape index (κ2) is 8.66. The highest BCUT2D eigenvalue weighted by Crippen LogP contribution is 2.38. The molecule has 0 atom stereocenters. The smallest absolute Gasteiger partial charge is 0.246 e. The number of nitrogens with two attached hydrogens (primary N) is 1. The summed E-state index contributed by atoms with van der Waals surface area (Å²) in [6, 6.07) is 16.8. The standard InChI is InChI=1S/C23H20N2O.C2H6/c1-15-12-18(23(24)26)14-25-21(13-15)22-19-8-4-2-6-16(19)10-11-17-7-3-5-9-20(17)22;1-2/h2-11,14,22H,1,12-13H2,(H2,24,26);1-2H3. The topological polar surface area (TPSA) is 55.5 Å². The van der Waals surface area contributed by atoms with Crippen molar-refractivity contribution in [2.45, 2.75) is 32.6 Å². The molecule has 4 rings (SSSR count). The van der Waals surface area contributed by atoms with Crippen LogP contribution in [-0.2, 0) is 4.79 Å². The molecule has 142 valence electrons. The fourth-order valence-electron chi connectivity index (χ4n) is 3.72. The fourth-order valence-corrected chi connectivity index (χ4v) is 3.72. The summed E-state index contributed by atoms with van der Waals surface area (Å²) in [6.45, 7) is 8.14. The average Bonchev–Trinajstić information content (AvgIpc) is 3.01. The second-order valence-corrected chi connectivity index (χ2v) is 6.77. The van der Waals surface area contributed by atoms with Crippen LogP contribution in [0.25, 0.3) is 12.2 Å². The molecule has 2 aromatic rings. The van der Waals surface area contributed by atoms with E-state index in [-0.39, 0.29) is 5.92 Å². The van der Waals surface area contributed by atoms with E-state index in [0.29, 0.717) is 18.4 Å². The van der Waals surface area contributed by atoms with Crippen molar-refractivity contribution in [2.75, 3.05) is 0 Å². The van der Waals surface area contributed by atoms with Gasteiger partial charge in [-0.25, -0.2) is 0 Å². The van der Waals surface area contributed by atoms with Crippen LogP contribution in [-0.4, -0.2) is 11.6 Å². The number of allylic oxidation sites excluding steroid dienone is 1. The molecule has 2 aromatic carbocycles. The lowest BCUT2D eigenvalue weighted by Crippen LogP contribution is -2.16. The molecule has 0 saturated heterocycles. The van der Waals surface area contributed by atoms with Crippen molar-refractivity contribution in [3.8, 4) is 0 Å². The predicted octanol–water partition coefficient (Wildman–Crippen LogP) is 5.49. The Morgan fingerprint density at radius 2 is 1.50 bits per heavy atom. The number of carbonyl (C=O) groups is 1. The number of nitrogens with zero attached hydrogens (tertiary/aromatic N) is 1. The van der Waals surface area contributed by atoms with Crippen LogP contribution in [0.4, 0.5) is 0 Å². The molecular formula is C25H26N2O. The third-order valence-corrected chi connectivity index (χ3v) is 4.96. The largest absolute Gasteiger partial charge is 0.366 e. The Hall–Kier alpha value is -3.20. The van der Waals surface area contributed by atoms with Gasteiger partial charge in [-0.1, -0.05) is 86.7 Å². The van der Waals surface area contributed by atoms with E-state index in [1.807, 2.05) is 13.8 Å². The van der Waals surface area contributed by atoms with Crippen molar-refractivity contribution in [3.05, 3.63) is 94.7 Å². The lowest BCUT2D eigenvalue weighted by atomic mass is 9.82. The third-order valence-electron chi connectivity index (χ3n) is 4.96. The summed E-state index contributed by atoms with van der Waals surface area (Å²) < 4.78 is 0. The molecule has 2 aliphatic rings. The van der Waals surface area contributed by atoms with Crippen molar-refractivity contribution in [2.24, 2.45) is 10.7 Å². The van der Waals surface area contributed by atoms with Crippen molar-refractivity contribution in [1.82, 2.24) is 0 Å². The molecule has 1 amide bonds. The Bertz CT molecular complexity index is 946. The second-order valence-electron chi connectivity index (χ2n) is 6.77. The van der Waals surface area contributed by atoms with Crippen LogP contribution in [0, 0.1) is 0 Å². The minimum absolute atomic E-state index is 0.0256. The maximum Gasteiger partial charge on any atom is 0.246 e. The molecule has 3 heteroatoms. The number of primary amides is 1. The number of rotatable bonds is 2. The van der Waals surface area contributed by atoms with Gasteiger partial charge in [0.1, 0.15) is 0 Å². The molecule has 1 aliphatic heterocycles. The van der Waals surface area contributed by atoms with E-state index < -0.39 is 5.91 Å². The van der Waals surface area contributed by atoms with E-state index in [2.05, 4.69) is 67.3 Å². The van der Waals surface area contributed by atoms with Crippen LogP contribution in [0.3, 0.4) is 0 Å². The van der Waals surface area contributed by atoms with Gasteiger partial charge in [0.15, 0.2) is 0 Å². The van der Waals surface area contributed by atoms with E-state index in [9.17, 15) is 4.79 Å². The highest BCUT2D eigenvalue weighted by molar-refractivity contribution is 6.01. The SMILES string of the molecule is C=C1CC(C(N)=O)=CN=C(C2c3ccccc3C=Cc3ccccc32)C1.CC. The number of aliphatic imine (C=N–C) groups is 1. The van der Waals surface area contributed by atoms with Gasteiger partial charge in [-0.3, -0.25) is 9.79 Å². The molecule has 1 heterocycles. The van der Waals surface area contributed by atoms with Crippen molar-refractivity contribution < 1.29 is 4.79 Å². The Labute approximate surface area is 167 Å². The van der Waals surface area contributed by atoms with E-state index in [0.717, 1.165) is 11.3 Å². The number of benzene rings is 2. The van der Waals surface area contributed by atoms with Gasteiger partial charge in [-0.2, -0.15) is 0 Å². The molecular weight excluding hydrogens is 344 g/mol. The number of carbonyl (C=O) groups excluding carboxylic acids is 1.